The lowest BCUT2D eigenvalue weighted by molar-refractivity contribution is 0.0759. The maximum absolute atomic E-state index is 12.9. The predicted octanol–water partition coefficient (Wildman–Crippen LogP) is 3.09. The van der Waals surface area contributed by atoms with Crippen molar-refractivity contribution in [2.24, 2.45) is 5.73 Å². The molecule has 0 spiro atoms. The molecule has 1 aliphatic carbocycles. The molecule has 0 aromatic heterocycles. The highest BCUT2D eigenvalue weighted by Gasteiger charge is 2.44. The van der Waals surface area contributed by atoms with Crippen molar-refractivity contribution in [2.45, 2.75) is 43.6 Å². The smallest absolute Gasteiger partial charge is 0.254 e. The van der Waals surface area contributed by atoms with Crippen molar-refractivity contribution in [1.29, 1.82) is 0 Å². The Morgan fingerprint density at radius 1 is 1.06 bits per heavy atom. The molecule has 3 heteroatoms. The molecule has 0 amide bonds. The molecular formula is C13H17F2N. The molecule has 1 aromatic carbocycles. The Morgan fingerprint density at radius 3 is 2.12 bits per heavy atom. The van der Waals surface area contributed by atoms with E-state index in [0.29, 0.717) is 0 Å². The first-order valence-electron chi connectivity index (χ1n) is 5.76. The van der Waals surface area contributed by atoms with Crippen molar-refractivity contribution in [1.82, 2.24) is 0 Å². The van der Waals surface area contributed by atoms with Crippen LogP contribution < -0.4 is 5.73 Å². The maximum atomic E-state index is 12.9. The van der Waals surface area contributed by atoms with Crippen LogP contribution in [0.15, 0.2) is 30.3 Å². The molecule has 0 heterocycles. The number of halogens is 2. The van der Waals surface area contributed by atoms with Crippen LogP contribution in [0.4, 0.5) is 8.78 Å². The quantitative estimate of drug-likeness (QED) is 0.840. The molecule has 1 aromatic rings. The fraction of sp³-hybridized carbons (Fsp3) is 0.538. The number of alkyl halides is 2. The van der Waals surface area contributed by atoms with E-state index in [0.717, 1.165) is 31.2 Å². The van der Waals surface area contributed by atoms with Gasteiger partial charge in [0.15, 0.2) is 0 Å². The van der Waals surface area contributed by atoms with Gasteiger partial charge in [0.1, 0.15) is 0 Å². The first kappa shape index (κ1) is 11.5. The minimum Gasteiger partial charge on any atom is -0.322 e. The molecule has 0 bridgehead atoms. The molecule has 0 aliphatic heterocycles. The first-order chi connectivity index (χ1) is 7.67. The van der Waals surface area contributed by atoms with Gasteiger partial charge in [0, 0.05) is 5.41 Å². The van der Waals surface area contributed by atoms with Gasteiger partial charge in [-0.25, -0.2) is 8.78 Å². The van der Waals surface area contributed by atoms with Crippen LogP contribution in [0, 0.1) is 0 Å². The van der Waals surface area contributed by atoms with Crippen LogP contribution >= 0.6 is 0 Å². The van der Waals surface area contributed by atoms with Gasteiger partial charge in [-0.1, -0.05) is 43.2 Å². The lowest BCUT2D eigenvalue weighted by atomic mass is 9.73. The number of benzene rings is 1. The zero-order valence-corrected chi connectivity index (χ0v) is 9.20. The van der Waals surface area contributed by atoms with Crippen LogP contribution in [-0.4, -0.2) is 12.5 Å². The third kappa shape index (κ3) is 1.84. The van der Waals surface area contributed by atoms with Crippen LogP contribution in [0.5, 0.6) is 0 Å². The van der Waals surface area contributed by atoms with Crippen molar-refractivity contribution >= 4 is 0 Å². The highest BCUT2D eigenvalue weighted by molar-refractivity contribution is 5.29. The predicted molar refractivity (Wildman–Crippen MR) is 60.6 cm³/mol. The lowest BCUT2D eigenvalue weighted by Crippen LogP contribution is -2.48. The second-order valence-electron chi connectivity index (χ2n) is 4.59. The van der Waals surface area contributed by atoms with Crippen LogP contribution in [0.2, 0.25) is 0 Å². The van der Waals surface area contributed by atoms with Gasteiger partial charge in [0.2, 0.25) is 0 Å². The van der Waals surface area contributed by atoms with Crippen LogP contribution in [-0.2, 0) is 5.41 Å². The van der Waals surface area contributed by atoms with Gasteiger partial charge in [-0.15, -0.1) is 0 Å². The minimum absolute atomic E-state index is 0.505. The molecule has 0 saturated heterocycles. The highest BCUT2D eigenvalue weighted by atomic mass is 19.3. The Bertz CT molecular complexity index is 331. The van der Waals surface area contributed by atoms with Gasteiger partial charge in [-0.05, 0) is 18.4 Å². The third-order valence-corrected chi connectivity index (χ3v) is 3.75. The van der Waals surface area contributed by atoms with Crippen LogP contribution in [0.25, 0.3) is 0 Å². The molecule has 16 heavy (non-hydrogen) atoms. The summed E-state index contributed by atoms with van der Waals surface area (Å²) in [6.45, 7) is 0. The summed E-state index contributed by atoms with van der Waals surface area (Å²) in [7, 11) is 0. The molecule has 88 valence electrons. The zero-order chi connectivity index (χ0) is 11.6. The number of hydrogen-bond donors (Lipinski definition) is 1. The molecular weight excluding hydrogens is 208 g/mol. The Morgan fingerprint density at radius 2 is 1.62 bits per heavy atom. The van der Waals surface area contributed by atoms with Crippen molar-refractivity contribution in [3.05, 3.63) is 35.9 Å². The van der Waals surface area contributed by atoms with Crippen molar-refractivity contribution in [3.63, 3.8) is 0 Å². The van der Waals surface area contributed by atoms with Gasteiger partial charge in [0.25, 0.3) is 6.43 Å². The van der Waals surface area contributed by atoms with Crippen LogP contribution in [0.3, 0.4) is 0 Å². The molecule has 2 N–H and O–H groups in total. The molecule has 1 atom stereocenters. The molecule has 1 nitrogen and oxygen atoms in total. The van der Waals surface area contributed by atoms with E-state index in [1.165, 1.54) is 0 Å². The van der Waals surface area contributed by atoms with Gasteiger partial charge in [-0.2, -0.15) is 0 Å². The van der Waals surface area contributed by atoms with E-state index in [1.54, 1.807) is 0 Å². The van der Waals surface area contributed by atoms with Gasteiger partial charge >= 0.3 is 0 Å². The normalized spacial score (nSPS) is 21.2. The summed E-state index contributed by atoms with van der Waals surface area (Å²) in [5.74, 6) is 0. The topological polar surface area (TPSA) is 26.0 Å². The van der Waals surface area contributed by atoms with Gasteiger partial charge < -0.3 is 5.73 Å². The zero-order valence-electron chi connectivity index (χ0n) is 9.20. The second kappa shape index (κ2) is 4.50. The Kier molecular flexibility index (Phi) is 3.24. The molecule has 2 rings (SSSR count). The Labute approximate surface area is 94.7 Å². The largest absolute Gasteiger partial charge is 0.322 e. The van der Waals surface area contributed by atoms with Crippen LogP contribution in [0.1, 0.15) is 31.2 Å². The summed E-state index contributed by atoms with van der Waals surface area (Å²) in [5, 5.41) is 0. The molecule has 1 unspecified atom stereocenters. The standard InChI is InChI=1S/C13H17F2N/c14-12(15)11(16)13(8-4-5-9-13)10-6-2-1-3-7-10/h1-3,6-7,11-12H,4-5,8-9,16H2. The average Bonchev–Trinajstić information content (AvgIpc) is 2.79. The van der Waals surface area contributed by atoms with Crippen molar-refractivity contribution < 1.29 is 8.78 Å². The van der Waals surface area contributed by atoms with E-state index >= 15 is 0 Å². The summed E-state index contributed by atoms with van der Waals surface area (Å²) >= 11 is 0. The highest BCUT2D eigenvalue weighted by Crippen LogP contribution is 2.44. The van der Waals surface area contributed by atoms with Gasteiger partial charge in [-0.3, -0.25) is 0 Å². The summed E-state index contributed by atoms with van der Waals surface area (Å²) in [5.41, 5.74) is 6.21. The van der Waals surface area contributed by atoms with E-state index in [-0.39, 0.29) is 0 Å². The van der Waals surface area contributed by atoms with E-state index in [1.807, 2.05) is 30.3 Å². The molecule has 0 radical (unpaired) electrons. The Hall–Kier alpha value is -0.960. The Balaban J connectivity index is 2.36. The average molecular weight is 225 g/mol. The van der Waals surface area contributed by atoms with Gasteiger partial charge in [0.05, 0.1) is 6.04 Å². The first-order valence-corrected chi connectivity index (χ1v) is 5.76. The van der Waals surface area contributed by atoms with E-state index in [9.17, 15) is 8.78 Å². The van der Waals surface area contributed by atoms with Crippen molar-refractivity contribution in [2.75, 3.05) is 0 Å². The molecule has 1 aliphatic rings. The monoisotopic (exact) mass is 225 g/mol. The minimum atomic E-state index is -2.45. The SMILES string of the molecule is NC(C(F)F)C1(c2ccccc2)CCCC1. The molecule has 1 saturated carbocycles. The van der Waals surface area contributed by atoms with Crippen molar-refractivity contribution in [3.8, 4) is 0 Å². The van der Waals surface area contributed by atoms with E-state index in [4.69, 9.17) is 5.73 Å². The number of rotatable bonds is 3. The maximum Gasteiger partial charge on any atom is 0.254 e. The summed E-state index contributed by atoms with van der Waals surface area (Å²) in [4.78, 5) is 0. The number of hydrogen-bond acceptors (Lipinski definition) is 1. The van der Waals surface area contributed by atoms with E-state index in [2.05, 4.69) is 0 Å². The summed E-state index contributed by atoms with van der Waals surface area (Å²) < 4.78 is 25.8. The van der Waals surface area contributed by atoms with E-state index < -0.39 is 17.9 Å². The lowest BCUT2D eigenvalue weighted by Gasteiger charge is -2.35. The summed E-state index contributed by atoms with van der Waals surface area (Å²) in [6, 6.07) is 8.50. The summed E-state index contributed by atoms with van der Waals surface area (Å²) in [6.07, 6.45) is 1.11. The fourth-order valence-corrected chi connectivity index (χ4v) is 2.83. The second-order valence-corrected chi connectivity index (χ2v) is 4.59. The fourth-order valence-electron chi connectivity index (χ4n) is 2.83. The number of nitrogens with two attached hydrogens (primary N) is 1. The third-order valence-electron chi connectivity index (χ3n) is 3.75. The molecule has 1 fully saturated rings.